The quantitative estimate of drug-likeness (QED) is 0.586. The van der Waals surface area contributed by atoms with Gasteiger partial charge in [0.25, 0.3) is 0 Å². The van der Waals surface area contributed by atoms with Crippen molar-refractivity contribution in [3.05, 3.63) is 35.7 Å². The van der Waals surface area contributed by atoms with E-state index in [-0.39, 0.29) is 5.56 Å². The molecule has 6 nitrogen and oxygen atoms in total. The highest BCUT2D eigenvalue weighted by Crippen LogP contribution is 2.31. The Balaban J connectivity index is 1.41. The van der Waals surface area contributed by atoms with Crippen molar-refractivity contribution in [1.82, 2.24) is 15.2 Å². The van der Waals surface area contributed by atoms with Crippen molar-refractivity contribution in [1.29, 1.82) is 0 Å². The first-order valence-corrected chi connectivity index (χ1v) is 9.22. The third kappa shape index (κ3) is 4.50. The maximum absolute atomic E-state index is 10.8. The van der Waals surface area contributed by atoms with Crippen molar-refractivity contribution in [2.24, 2.45) is 0 Å². The number of hydrogen-bond donors (Lipinski definition) is 2. The van der Waals surface area contributed by atoms with E-state index < -0.39 is 5.97 Å². The normalized spacial score (nSPS) is 15.3. The summed E-state index contributed by atoms with van der Waals surface area (Å²) in [6, 6.07) is 6.41. The number of nitrogens with one attached hydrogen (secondary N) is 1. The number of carbonyl (C=O) groups is 1. The Morgan fingerprint density at radius 1 is 1.25 bits per heavy atom. The lowest BCUT2D eigenvalue weighted by Crippen LogP contribution is -2.06. The number of nitrogens with zero attached hydrogens (tertiary/aromatic N) is 2. The average molecular weight is 347 g/mol. The Labute approximate surface area is 145 Å². The van der Waals surface area contributed by atoms with Crippen LogP contribution < -0.4 is 4.74 Å². The van der Waals surface area contributed by atoms with Gasteiger partial charge in [0.2, 0.25) is 5.16 Å². The minimum Gasteiger partial charge on any atom is -0.493 e. The van der Waals surface area contributed by atoms with Crippen LogP contribution in [0.1, 0.15) is 54.2 Å². The smallest absolute Gasteiger partial charge is 0.335 e. The van der Waals surface area contributed by atoms with E-state index in [4.69, 9.17) is 9.84 Å². The van der Waals surface area contributed by atoms with Gasteiger partial charge in [0, 0.05) is 11.7 Å². The van der Waals surface area contributed by atoms with E-state index in [9.17, 15) is 4.79 Å². The number of aromatic nitrogens is 3. The molecule has 1 aromatic carbocycles. The van der Waals surface area contributed by atoms with E-state index in [0.717, 1.165) is 16.7 Å². The maximum Gasteiger partial charge on any atom is 0.335 e. The van der Waals surface area contributed by atoms with Crippen LogP contribution in [0.4, 0.5) is 0 Å². The molecule has 0 unspecified atom stereocenters. The minimum atomic E-state index is -0.935. The van der Waals surface area contributed by atoms with E-state index >= 15 is 0 Å². The van der Waals surface area contributed by atoms with Crippen LogP contribution >= 0.6 is 11.8 Å². The van der Waals surface area contributed by atoms with Crippen LogP contribution in [0.25, 0.3) is 0 Å². The number of ether oxygens (including phenoxy) is 1. The predicted octanol–water partition coefficient (Wildman–Crippen LogP) is 3.72. The van der Waals surface area contributed by atoms with Gasteiger partial charge in [-0.1, -0.05) is 31.0 Å². The third-order valence-electron chi connectivity index (χ3n) is 4.16. The number of carboxylic acids is 1. The van der Waals surface area contributed by atoms with Gasteiger partial charge in [-0.05, 0) is 37.1 Å². The Morgan fingerprint density at radius 3 is 2.71 bits per heavy atom. The third-order valence-corrected chi connectivity index (χ3v) is 4.97. The van der Waals surface area contributed by atoms with Crippen molar-refractivity contribution in [3.8, 4) is 5.75 Å². The summed E-state index contributed by atoms with van der Waals surface area (Å²) in [6.45, 7) is 0.518. The van der Waals surface area contributed by atoms with Gasteiger partial charge in [-0.15, -0.1) is 5.10 Å². The van der Waals surface area contributed by atoms with E-state index in [1.807, 2.05) is 0 Å². The Hall–Kier alpha value is -2.02. The number of hydrogen-bond acceptors (Lipinski definition) is 5. The SMILES string of the molecule is O=C(O)c1ccc(OCCSc2n[nH]c(C3CCCCC3)n2)cc1. The molecule has 0 aliphatic heterocycles. The molecule has 1 aromatic heterocycles. The van der Waals surface area contributed by atoms with E-state index in [1.54, 1.807) is 23.9 Å². The van der Waals surface area contributed by atoms with Crippen molar-refractivity contribution >= 4 is 17.7 Å². The molecule has 1 saturated carbocycles. The van der Waals surface area contributed by atoms with Crippen LogP contribution in [-0.2, 0) is 0 Å². The first kappa shape index (κ1) is 16.8. The first-order chi connectivity index (χ1) is 11.7. The fourth-order valence-electron chi connectivity index (χ4n) is 2.87. The van der Waals surface area contributed by atoms with Crippen LogP contribution in [0.5, 0.6) is 5.75 Å². The summed E-state index contributed by atoms with van der Waals surface area (Å²) < 4.78 is 5.61. The van der Waals surface area contributed by atoms with Gasteiger partial charge < -0.3 is 9.84 Å². The second kappa shape index (κ2) is 8.19. The zero-order chi connectivity index (χ0) is 16.8. The summed E-state index contributed by atoms with van der Waals surface area (Å²) in [5.41, 5.74) is 0.257. The number of rotatable bonds is 7. The molecule has 24 heavy (non-hydrogen) atoms. The highest BCUT2D eigenvalue weighted by molar-refractivity contribution is 7.99. The van der Waals surface area contributed by atoms with Gasteiger partial charge in [-0.2, -0.15) is 0 Å². The van der Waals surface area contributed by atoms with Gasteiger partial charge in [0.05, 0.1) is 12.2 Å². The number of benzene rings is 1. The second-order valence-corrected chi connectivity index (χ2v) is 6.93. The van der Waals surface area contributed by atoms with Crippen molar-refractivity contribution in [2.45, 2.75) is 43.2 Å². The molecule has 1 fully saturated rings. The molecule has 2 N–H and O–H groups in total. The van der Waals surface area contributed by atoms with Crippen LogP contribution in [0.2, 0.25) is 0 Å². The maximum atomic E-state index is 10.8. The van der Waals surface area contributed by atoms with Gasteiger partial charge in [-0.25, -0.2) is 9.78 Å². The standard InChI is InChI=1S/C17H21N3O3S/c21-16(22)13-6-8-14(9-7-13)23-10-11-24-17-18-15(19-20-17)12-4-2-1-3-5-12/h6-9,12H,1-5,10-11H2,(H,21,22)(H,18,19,20). The fourth-order valence-corrected chi connectivity index (χ4v) is 3.49. The minimum absolute atomic E-state index is 0.257. The number of aromatic amines is 1. The lowest BCUT2D eigenvalue weighted by Gasteiger charge is -2.18. The van der Waals surface area contributed by atoms with Gasteiger partial charge >= 0.3 is 5.97 Å². The van der Waals surface area contributed by atoms with Crippen LogP contribution in [0.3, 0.4) is 0 Å². The molecular weight excluding hydrogens is 326 g/mol. The summed E-state index contributed by atoms with van der Waals surface area (Å²) in [6.07, 6.45) is 6.30. The fraction of sp³-hybridized carbons (Fsp3) is 0.471. The summed E-state index contributed by atoms with van der Waals surface area (Å²) >= 11 is 1.56. The molecule has 0 atom stereocenters. The molecule has 0 radical (unpaired) electrons. The lowest BCUT2D eigenvalue weighted by atomic mass is 9.89. The Bertz CT molecular complexity index is 666. The first-order valence-electron chi connectivity index (χ1n) is 8.23. The Morgan fingerprint density at radius 2 is 2.00 bits per heavy atom. The molecule has 128 valence electrons. The molecule has 1 aliphatic carbocycles. The molecule has 0 saturated heterocycles. The van der Waals surface area contributed by atoms with Crippen molar-refractivity contribution in [3.63, 3.8) is 0 Å². The number of carboxylic acid groups (broad SMARTS) is 1. The van der Waals surface area contributed by atoms with Crippen LogP contribution in [0.15, 0.2) is 29.4 Å². The molecule has 1 aliphatic rings. The highest BCUT2D eigenvalue weighted by atomic mass is 32.2. The summed E-state index contributed by atoms with van der Waals surface area (Å²) in [4.78, 5) is 15.4. The summed E-state index contributed by atoms with van der Waals surface area (Å²) in [5.74, 6) is 2.02. The zero-order valence-corrected chi connectivity index (χ0v) is 14.2. The van der Waals surface area contributed by atoms with E-state index in [0.29, 0.717) is 18.3 Å². The predicted molar refractivity (Wildman–Crippen MR) is 91.8 cm³/mol. The number of aromatic carboxylic acids is 1. The molecule has 3 rings (SSSR count). The summed E-state index contributed by atoms with van der Waals surface area (Å²) in [7, 11) is 0. The van der Waals surface area contributed by atoms with Gasteiger partial charge in [0.15, 0.2) is 0 Å². The molecular formula is C17H21N3O3S. The van der Waals surface area contributed by atoms with E-state index in [1.165, 1.54) is 44.2 Å². The Kier molecular flexibility index (Phi) is 5.74. The van der Waals surface area contributed by atoms with Gasteiger partial charge in [0.1, 0.15) is 11.6 Å². The molecule has 0 amide bonds. The van der Waals surface area contributed by atoms with Crippen LogP contribution in [-0.4, -0.2) is 38.6 Å². The van der Waals surface area contributed by atoms with Gasteiger partial charge in [-0.3, -0.25) is 5.10 Å². The van der Waals surface area contributed by atoms with Crippen molar-refractivity contribution in [2.75, 3.05) is 12.4 Å². The number of H-pyrrole nitrogens is 1. The van der Waals surface area contributed by atoms with Crippen LogP contribution in [0, 0.1) is 0 Å². The average Bonchev–Trinajstić information content (AvgIpc) is 3.09. The second-order valence-electron chi connectivity index (χ2n) is 5.86. The molecule has 0 spiro atoms. The largest absolute Gasteiger partial charge is 0.493 e. The molecule has 1 heterocycles. The topological polar surface area (TPSA) is 88.1 Å². The number of thioether (sulfide) groups is 1. The lowest BCUT2D eigenvalue weighted by molar-refractivity contribution is 0.0697. The monoisotopic (exact) mass is 347 g/mol. The molecule has 7 heteroatoms. The zero-order valence-electron chi connectivity index (χ0n) is 13.4. The van der Waals surface area contributed by atoms with E-state index in [2.05, 4.69) is 15.2 Å². The molecule has 2 aromatic rings. The van der Waals surface area contributed by atoms with Crippen molar-refractivity contribution < 1.29 is 14.6 Å². The highest BCUT2D eigenvalue weighted by Gasteiger charge is 2.19. The molecule has 0 bridgehead atoms. The summed E-state index contributed by atoms with van der Waals surface area (Å²) in [5, 5.41) is 17.0.